The highest BCUT2D eigenvalue weighted by Crippen LogP contribution is 2.29. The number of imidazole rings is 1. The lowest BCUT2D eigenvalue weighted by Crippen LogP contribution is -2.34. The van der Waals surface area contributed by atoms with Crippen LogP contribution in [0.25, 0.3) is 0 Å². The molecule has 0 unspecified atom stereocenters. The summed E-state index contributed by atoms with van der Waals surface area (Å²) in [5.74, 6) is 0.979. The molecular weight excluding hydrogens is 459 g/mol. The predicted molar refractivity (Wildman–Crippen MR) is 115 cm³/mol. The van der Waals surface area contributed by atoms with Gasteiger partial charge in [0.05, 0.1) is 30.7 Å². The third kappa shape index (κ3) is 6.12. The predicted octanol–water partition coefficient (Wildman–Crippen LogP) is 3.80. The molecule has 0 atom stereocenters. The number of hydrogen-bond donors (Lipinski definition) is 0. The molecule has 0 saturated carbocycles. The fourth-order valence-corrected chi connectivity index (χ4v) is 4.54. The first kappa shape index (κ1) is 24.7. The van der Waals surface area contributed by atoms with Crippen molar-refractivity contribution in [1.29, 1.82) is 0 Å². The van der Waals surface area contributed by atoms with Gasteiger partial charge in [-0.15, -0.1) is 0 Å². The van der Waals surface area contributed by atoms with Crippen LogP contribution in [0.2, 0.25) is 0 Å². The second-order valence-electron chi connectivity index (χ2n) is 7.17. The van der Waals surface area contributed by atoms with Crippen molar-refractivity contribution in [3.05, 3.63) is 77.9 Å². The molecule has 0 spiro atoms. The molecular formula is C22H24F3N3O4S. The standard InChI is InChI=1S/C22H24F3N3O4S/c1-31-14-13-28(33(29,30)20-9-7-19(32-2)8-10-20)16-21-26-11-12-27(21)15-17-3-5-18(6-4-17)22(23,24)25/h3-12H,13-16H2,1-2H3. The number of rotatable bonds is 10. The van der Waals surface area contributed by atoms with E-state index in [-0.39, 0.29) is 31.1 Å². The third-order valence-corrected chi connectivity index (χ3v) is 6.86. The van der Waals surface area contributed by atoms with Gasteiger partial charge in [-0.3, -0.25) is 0 Å². The van der Waals surface area contributed by atoms with Gasteiger partial charge in [-0.2, -0.15) is 17.5 Å². The fourth-order valence-electron chi connectivity index (χ4n) is 3.16. The summed E-state index contributed by atoms with van der Waals surface area (Å²) in [4.78, 5) is 4.37. The van der Waals surface area contributed by atoms with Crippen molar-refractivity contribution in [2.75, 3.05) is 27.4 Å². The molecule has 1 aromatic heterocycles. The lowest BCUT2D eigenvalue weighted by molar-refractivity contribution is -0.137. The van der Waals surface area contributed by atoms with Gasteiger partial charge >= 0.3 is 6.18 Å². The largest absolute Gasteiger partial charge is 0.497 e. The molecule has 0 saturated heterocycles. The van der Waals surface area contributed by atoms with Crippen LogP contribution >= 0.6 is 0 Å². The minimum absolute atomic E-state index is 0.0364. The van der Waals surface area contributed by atoms with E-state index in [1.165, 1.54) is 49.0 Å². The quantitative estimate of drug-likeness (QED) is 0.439. The maximum atomic E-state index is 13.3. The molecule has 3 rings (SSSR count). The fraction of sp³-hybridized carbons (Fsp3) is 0.318. The second kappa shape index (κ2) is 10.4. The normalized spacial score (nSPS) is 12.3. The van der Waals surface area contributed by atoms with Crippen LogP contribution in [0, 0.1) is 0 Å². The number of sulfonamides is 1. The van der Waals surface area contributed by atoms with Gasteiger partial charge in [0.15, 0.2) is 0 Å². The van der Waals surface area contributed by atoms with Crippen LogP contribution in [0.15, 0.2) is 65.8 Å². The average molecular weight is 484 g/mol. The number of aromatic nitrogens is 2. The zero-order chi connectivity index (χ0) is 24.1. The summed E-state index contributed by atoms with van der Waals surface area (Å²) < 4.78 is 78.0. The Balaban J connectivity index is 1.82. The first-order valence-electron chi connectivity index (χ1n) is 9.94. The topological polar surface area (TPSA) is 73.7 Å². The van der Waals surface area contributed by atoms with Crippen molar-refractivity contribution in [3.63, 3.8) is 0 Å². The molecule has 2 aromatic carbocycles. The van der Waals surface area contributed by atoms with Gasteiger partial charge in [0, 0.05) is 32.6 Å². The van der Waals surface area contributed by atoms with E-state index in [0.717, 1.165) is 12.1 Å². The Morgan fingerprint density at radius 3 is 2.27 bits per heavy atom. The van der Waals surface area contributed by atoms with E-state index >= 15 is 0 Å². The Hall–Kier alpha value is -2.89. The van der Waals surface area contributed by atoms with Crippen LogP contribution in [-0.2, 0) is 34.0 Å². The van der Waals surface area contributed by atoms with E-state index in [1.54, 1.807) is 22.9 Å². The SMILES string of the molecule is COCCN(Cc1nccn1Cc1ccc(C(F)(F)F)cc1)S(=O)(=O)c1ccc(OC)cc1. The molecule has 0 bridgehead atoms. The number of ether oxygens (including phenoxy) is 2. The Labute approximate surface area is 190 Å². The highest BCUT2D eigenvalue weighted by molar-refractivity contribution is 7.89. The molecule has 178 valence electrons. The third-order valence-electron chi connectivity index (χ3n) is 5.00. The lowest BCUT2D eigenvalue weighted by Gasteiger charge is -2.22. The zero-order valence-electron chi connectivity index (χ0n) is 18.1. The maximum Gasteiger partial charge on any atom is 0.416 e. The highest BCUT2D eigenvalue weighted by Gasteiger charge is 2.30. The van der Waals surface area contributed by atoms with Crippen molar-refractivity contribution < 1.29 is 31.1 Å². The second-order valence-corrected chi connectivity index (χ2v) is 9.11. The summed E-state index contributed by atoms with van der Waals surface area (Å²) in [6.07, 6.45) is -1.23. The number of methoxy groups -OCH3 is 2. The number of benzene rings is 2. The number of alkyl halides is 3. The summed E-state index contributed by atoms with van der Waals surface area (Å²) in [5.41, 5.74) is -0.0999. The summed E-state index contributed by atoms with van der Waals surface area (Å²) in [6, 6.07) is 10.9. The first-order chi connectivity index (χ1) is 15.6. The first-order valence-corrected chi connectivity index (χ1v) is 11.4. The monoisotopic (exact) mass is 483 g/mol. The number of hydrogen-bond acceptors (Lipinski definition) is 5. The molecule has 0 fully saturated rings. The van der Waals surface area contributed by atoms with Crippen molar-refractivity contribution in [1.82, 2.24) is 13.9 Å². The molecule has 0 aliphatic heterocycles. The Morgan fingerprint density at radius 2 is 1.70 bits per heavy atom. The molecule has 0 N–H and O–H groups in total. The Kier molecular flexibility index (Phi) is 7.77. The summed E-state index contributed by atoms with van der Waals surface area (Å²) in [5, 5.41) is 0. The van der Waals surface area contributed by atoms with Gasteiger partial charge in [0.2, 0.25) is 10.0 Å². The smallest absolute Gasteiger partial charge is 0.416 e. The summed E-state index contributed by atoms with van der Waals surface area (Å²) >= 11 is 0. The van der Waals surface area contributed by atoms with Crippen LogP contribution in [-0.4, -0.2) is 49.6 Å². The molecule has 3 aromatic rings. The minimum atomic E-state index is -4.41. The van der Waals surface area contributed by atoms with Gasteiger partial charge < -0.3 is 14.0 Å². The van der Waals surface area contributed by atoms with Gasteiger partial charge in [0.1, 0.15) is 11.6 Å². The zero-order valence-corrected chi connectivity index (χ0v) is 18.9. The summed E-state index contributed by atoms with van der Waals surface area (Å²) in [6.45, 7) is 0.479. The number of nitrogens with zero attached hydrogens (tertiary/aromatic N) is 3. The molecule has 0 aliphatic carbocycles. The molecule has 0 aliphatic rings. The van der Waals surface area contributed by atoms with Crippen molar-refractivity contribution in [3.8, 4) is 5.75 Å². The van der Waals surface area contributed by atoms with Gasteiger partial charge in [-0.05, 0) is 42.0 Å². The van der Waals surface area contributed by atoms with Crippen LogP contribution in [0.3, 0.4) is 0 Å². The van der Waals surface area contributed by atoms with E-state index in [2.05, 4.69) is 4.98 Å². The molecule has 7 nitrogen and oxygen atoms in total. The van der Waals surface area contributed by atoms with Gasteiger partial charge in [-0.1, -0.05) is 12.1 Å². The van der Waals surface area contributed by atoms with E-state index in [9.17, 15) is 21.6 Å². The van der Waals surface area contributed by atoms with E-state index < -0.39 is 21.8 Å². The van der Waals surface area contributed by atoms with Crippen LogP contribution in [0.5, 0.6) is 5.75 Å². The van der Waals surface area contributed by atoms with E-state index in [0.29, 0.717) is 17.1 Å². The van der Waals surface area contributed by atoms with Crippen molar-refractivity contribution in [2.24, 2.45) is 0 Å². The molecule has 11 heteroatoms. The Bertz CT molecular complexity index is 1140. The molecule has 1 heterocycles. The van der Waals surface area contributed by atoms with Crippen LogP contribution in [0.4, 0.5) is 13.2 Å². The minimum Gasteiger partial charge on any atom is -0.497 e. The number of halogens is 3. The van der Waals surface area contributed by atoms with Crippen LogP contribution < -0.4 is 4.74 Å². The van der Waals surface area contributed by atoms with Crippen molar-refractivity contribution >= 4 is 10.0 Å². The lowest BCUT2D eigenvalue weighted by atomic mass is 10.1. The highest BCUT2D eigenvalue weighted by atomic mass is 32.2. The molecule has 0 radical (unpaired) electrons. The molecule has 33 heavy (non-hydrogen) atoms. The van der Waals surface area contributed by atoms with Crippen molar-refractivity contribution in [2.45, 2.75) is 24.2 Å². The Morgan fingerprint density at radius 1 is 1.03 bits per heavy atom. The van der Waals surface area contributed by atoms with Gasteiger partial charge in [0.25, 0.3) is 0 Å². The van der Waals surface area contributed by atoms with E-state index in [4.69, 9.17) is 9.47 Å². The van der Waals surface area contributed by atoms with Crippen LogP contribution in [0.1, 0.15) is 17.0 Å². The maximum absolute atomic E-state index is 13.3. The van der Waals surface area contributed by atoms with Gasteiger partial charge in [-0.25, -0.2) is 13.4 Å². The van der Waals surface area contributed by atoms with E-state index in [1.807, 2.05) is 0 Å². The summed E-state index contributed by atoms with van der Waals surface area (Å²) in [7, 11) is -0.900. The average Bonchev–Trinajstić information content (AvgIpc) is 3.22. The molecule has 0 amide bonds.